The molecular weight excluding hydrogens is 272 g/mol. The molecule has 20 heavy (non-hydrogen) atoms. The van der Waals surface area contributed by atoms with Crippen molar-refractivity contribution in [2.45, 2.75) is 39.8 Å². The zero-order chi connectivity index (χ0) is 15.2. The van der Waals surface area contributed by atoms with E-state index in [0.29, 0.717) is 0 Å². The molecule has 114 valence electrons. The van der Waals surface area contributed by atoms with Crippen molar-refractivity contribution in [2.75, 3.05) is 31.7 Å². The molecule has 0 fully saturated rings. The zero-order valence-corrected chi connectivity index (χ0v) is 14.0. The Morgan fingerprint density at radius 3 is 2.55 bits per heavy atom. The lowest BCUT2D eigenvalue weighted by Gasteiger charge is -2.23. The first kappa shape index (κ1) is 17.3. The highest BCUT2D eigenvalue weighted by atomic mass is 35.5. The van der Waals surface area contributed by atoms with Crippen LogP contribution in [0.3, 0.4) is 0 Å². The highest BCUT2D eigenvalue weighted by Gasteiger charge is 2.10. The number of ether oxygens (including phenoxy) is 1. The van der Waals surface area contributed by atoms with Gasteiger partial charge < -0.3 is 15.0 Å². The van der Waals surface area contributed by atoms with Gasteiger partial charge in [-0.05, 0) is 45.4 Å². The first-order valence-electron chi connectivity index (χ1n) is 7.16. The second kappa shape index (κ2) is 7.87. The normalized spacial score (nSPS) is 11.7. The van der Waals surface area contributed by atoms with Crippen LogP contribution in [0.15, 0.2) is 18.2 Å². The van der Waals surface area contributed by atoms with Crippen LogP contribution < -0.4 is 10.2 Å². The summed E-state index contributed by atoms with van der Waals surface area (Å²) in [6.45, 7) is 11.6. The van der Waals surface area contributed by atoms with Crippen molar-refractivity contribution in [3.63, 3.8) is 0 Å². The molecule has 0 spiro atoms. The Labute approximate surface area is 128 Å². The lowest BCUT2D eigenvalue weighted by atomic mass is 10.1. The molecule has 1 aromatic carbocycles. The van der Waals surface area contributed by atoms with Gasteiger partial charge in [0.1, 0.15) is 0 Å². The van der Waals surface area contributed by atoms with Gasteiger partial charge in [-0.25, -0.2) is 0 Å². The smallest absolute Gasteiger partial charge is 0.0642 e. The summed E-state index contributed by atoms with van der Waals surface area (Å²) in [4.78, 5) is 2.12. The molecule has 0 amide bonds. The fourth-order valence-corrected chi connectivity index (χ4v) is 2.15. The van der Waals surface area contributed by atoms with E-state index < -0.39 is 0 Å². The average Bonchev–Trinajstić information content (AvgIpc) is 2.35. The van der Waals surface area contributed by atoms with Crippen molar-refractivity contribution >= 4 is 17.3 Å². The summed E-state index contributed by atoms with van der Waals surface area (Å²) in [5, 5.41) is 4.25. The van der Waals surface area contributed by atoms with Crippen molar-refractivity contribution < 1.29 is 4.74 Å². The second-order valence-electron chi connectivity index (χ2n) is 6.01. The summed E-state index contributed by atoms with van der Waals surface area (Å²) in [5.74, 6) is 0. The van der Waals surface area contributed by atoms with Crippen molar-refractivity contribution in [3.8, 4) is 0 Å². The van der Waals surface area contributed by atoms with Gasteiger partial charge in [-0.2, -0.15) is 0 Å². The molecule has 1 rings (SSSR count). The number of hydrogen-bond acceptors (Lipinski definition) is 3. The van der Waals surface area contributed by atoms with E-state index in [4.69, 9.17) is 16.3 Å². The molecule has 1 N–H and O–H groups in total. The number of nitrogens with zero attached hydrogens (tertiary/aromatic N) is 1. The molecule has 0 saturated carbocycles. The molecular formula is C16H27ClN2O. The third-order valence-electron chi connectivity index (χ3n) is 3.02. The fourth-order valence-electron chi connectivity index (χ4n) is 1.80. The predicted octanol–water partition coefficient (Wildman–Crippen LogP) is 3.70. The number of hydrogen-bond donors (Lipinski definition) is 1. The van der Waals surface area contributed by atoms with Crippen LogP contribution in [-0.2, 0) is 11.3 Å². The maximum atomic E-state index is 6.38. The molecule has 0 bridgehead atoms. The molecule has 0 radical (unpaired) electrons. The van der Waals surface area contributed by atoms with Crippen LogP contribution >= 0.6 is 11.6 Å². The minimum Gasteiger partial charge on any atom is -0.380 e. The topological polar surface area (TPSA) is 24.5 Å². The minimum atomic E-state index is 0.111. The van der Waals surface area contributed by atoms with Crippen LogP contribution in [0.4, 0.5) is 5.69 Å². The SMILES string of the molecule is CCOCCN(C)c1ccc(CNC(C)(C)C)cc1Cl. The molecule has 0 saturated heterocycles. The van der Waals surface area contributed by atoms with E-state index in [-0.39, 0.29) is 5.54 Å². The van der Waals surface area contributed by atoms with E-state index in [2.05, 4.69) is 43.1 Å². The Bertz CT molecular complexity index is 415. The van der Waals surface area contributed by atoms with Gasteiger partial charge in [-0.15, -0.1) is 0 Å². The summed E-state index contributed by atoms with van der Waals surface area (Å²) in [6.07, 6.45) is 0. The Kier molecular flexibility index (Phi) is 6.80. The van der Waals surface area contributed by atoms with Crippen molar-refractivity contribution in [3.05, 3.63) is 28.8 Å². The molecule has 0 aliphatic rings. The van der Waals surface area contributed by atoms with Gasteiger partial charge in [-0.1, -0.05) is 17.7 Å². The number of halogens is 1. The molecule has 0 aliphatic heterocycles. The van der Waals surface area contributed by atoms with Gasteiger partial charge in [0.15, 0.2) is 0 Å². The Hall–Kier alpha value is -0.770. The average molecular weight is 299 g/mol. The first-order valence-corrected chi connectivity index (χ1v) is 7.53. The molecule has 4 heteroatoms. The van der Waals surface area contributed by atoms with E-state index in [1.165, 1.54) is 5.56 Å². The van der Waals surface area contributed by atoms with Gasteiger partial charge in [0.2, 0.25) is 0 Å². The largest absolute Gasteiger partial charge is 0.380 e. The second-order valence-corrected chi connectivity index (χ2v) is 6.41. The number of anilines is 1. The summed E-state index contributed by atoms with van der Waals surface area (Å²) < 4.78 is 5.37. The van der Waals surface area contributed by atoms with Crippen LogP contribution in [0.1, 0.15) is 33.3 Å². The summed E-state index contributed by atoms with van der Waals surface area (Å²) in [7, 11) is 2.04. The van der Waals surface area contributed by atoms with Crippen molar-refractivity contribution in [1.29, 1.82) is 0 Å². The predicted molar refractivity (Wildman–Crippen MR) is 87.8 cm³/mol. The lowest BCUT2D eigenvalue weighted by Crippen LogP contribution is -2.35. The van der Waals surface area contributed by atoms with Crippen LogP contribution in [-0.4, -0.2) is 32.3 Å². The lowest BCUT2D eigenvalue weighted by molar-refractivity contribution is 0.154. The first-order chi connectivity index (χ1) is 9.33. The molecule has 0 aromatic heterocycles. The van der Waals surface area contributed by atoms with E-state index >= 15 is 0 Å². The molecule has 0 atom stereocenters. The highest BCUT2D eigenvalue weighted by Crippen LogP contribution is 2.26. The van der Waals surface area contributed by atoms with E-state index in [1.807, 2.05) is 20.0 Å². The minimum absolute atomic E-state index is 0.111. The monoisotopic (exact) mass is 298 g/mol. The Morgan fingerprint density at radius 2 is 2.00 bits per heavy atom. The standard InChI is InChI=1S/C16H27ClN2O/c1-6-20-10-9-19(5)15-8-7-13(11-14(15)17)12-18-16(2,3)4/h7-8,11,18H,6,9-10,12H2,1-5H3. The third kappa shape index (κ3) is 6.12. The zero-order valence-electron chi connectivity index (χ0n) is 13.3. The van der Waals surface area contributed by atoms with Gasteiger partial charge in [0, 0.05) is 32.3 Å². The fraction of sp³-hybridized carbons (Fsp3) is 0.625. The number of nitrogens with one attached hydrogen (secondary N) is 1. The summed E-state index contributed by atoms with van der Waals surface area (Å²) in [6, 6.07) is 6.23. The van der Waals surface area contributed by atoms with Crippen LogP contribution in [0.25, 0.3) is 0 Å². The van der Waals surface area contributed by atoms with Crippen LogP contribution in [0.5, 0.6) is 0 Å². The summed E-state index contributed by atoms with van der Waals surface area (Å²) in [5.41, 5.74) is 2.36. The molecule has 0 heterocycles. The Balaban J connectivity index is 2.63. The van der Waals surface area contributed by atoms with Gasteiger partial charge in [0.25, 0.3) is 0 Å². The Morgan fingerprint density at radius 1 is 1.30 bits per heavy atom. The summed E-state index contributed by atoms with van der Waals surface area (Å²) >= 11 is 6.38. The van der Waals surface area contributed by atoms with Crippen molar-refractivity contribution in [1.82, 2.24) is 5.32 Å². The molecule has 1 aromatic rings. The number of rotatable bonds is 7. The van der Waals surface area contributed by atoms with E-state index in [9.17, 15) is 0 Å². The van der Waals surface area contributed by atoms with Crippen LogP contribution in [0.2, 0.25) is 5.02 Å². The molecule has 3 nitrogen and oxygen atoms in total. The van der Waals surface area contributed by atoms with Gasteiger partial charge in [-0.3, -0.25) is 0 Å². The van der Waals surface area contributed by atoms with Gasteiger partial charge in [0.05, 0.1) is 17.3 Å². The van der Waals surface area contributed by atoms with Gasteiger partial charge >= 0.3 is 0 Å². The maximum Gasteiger partial charge on any atom is 0.0642 e. The number of benzene rings is 1. The third-order valence-corrected chi connectivity index (χ3v) is 3.32. The molecule has 0 unspecified atom stereocenters. The van der Waals surface area contributed by atoms with E-state index in [0.717, 1.165) is 37.0 Å². The number of likely N-dealkylation sites (N-methyl/N-ethyl adjacent to an activating group) is 1. The van der Waals surface area contributed by atoms with E-state index in [1.54, 1.807) is 0 Å². The van der Waals surface area contributed by atoms with Crippen molar-refractivity contribution in [2.24, 2.45) is 0 Å². The van der Waals surface area contributed by atoms with Crippen LogP contribution in [0, 0.1) is 0 Å². The quantitative estimate of drug-likeness (QED) is 0.777. The highest BCUT2D eigenvalue weighted by molar-refractivity contribution is 6.33. The maximum absolute atomic E-state index is 6.38. The molecule has 0 aliphatic carbocycles.